The molecule has 1 aliphatic heterocycles. The Kier molecular flexibility index (Phi) is 3.59. The number of hydrogen-bond acceptors (Lipinski definition) is 3. The van der Waals surface area contributed by atoms with Gasteiger partial charge >= 0.3 is 0 Å². The molecule has 1 saturated heterocycles. The van der Waals surface area contributed by atoms with Crippen molar-refractivity contribution in [2.45, 2.75) is 18.9 Å². The number of benzene rings is 1. The van der Waals surface area contributed by atoms with Crippen LogP contribution in [0.1, 0.15) is 23.3 Å². The first-order valence-electron chi connectivity index (χ1n) is 7.39. The van der Waals surface area contributed by atoms with Crippen molar-refractivity contribution < 1.29 is 4.79 Å². The highest BCUT2D eigenvalue weighted by Gasteiger charge is 2.25. The largest absolute Gasteiger partial charge is 0.397 e. The van der Waals surface area contributed by atoms with Gasteiger partial charge in [-0.05, 0) is 45.1 Å². The third-order valence-corrected chi connectivity index (χ3v) is 4.47. The summed E-state index contributed by atoms with van der Waals surface area (Å²) in [5.74, 6) is 0.0418. The number of carbonyl (C=O) groups excluding carboxylic acids is 1. The van der Waals surface area contributed by atoms with Crippen molar-refractivity contribution in [2.75, 3.05) is 32.9 Å². The summed E-state index contributed by atoms with van der Waals surface area (Å²) in [6.45, 7) is 2.09. The Balaban J connectivity index is 1.81. The van der Waals surface area contributed by atoms with Crippen molar-refractivity contribution in [3.05, 3.63) is 30.0 Å². The predicted octanol–water partition coefficient (Wildman–Crippen LogP) is 1.92. The lowest BCUT2D eigenvalue weighted by Gasteiger charge is -2.34. The van der Waals surface area contributed by atoms with Crippen LogP contribution in [0.25, 0.3) is 10.9 Å². The maximum atomic E-state index is 12.6. The topological polar surface area (TPSA) is 65.4 Å². The number of nitrogen functional groups attached to an aromatic ring is 1. The van der Waals surface area contributed by atoms with E-state index in [0.717, 1.165) is 36.8 Å². The number of rotatable bonds is 2. The minimum absolute atomic E-state index is 0.0418. The summed E-state index contributed by atoms with van der Waals surface area (Å²) in [5, 5.41) is 0.982. The lowest BCUT2D eigenvalue weighted by atomic mass is 10.0. The second-order valence-electron chi connectivity index (χ2n) is 5.94. The van der Waals surface area contributed by atoms with E-state index < -0.39 is 0 Å². The van der Waals surface area contributed by atoms with Crippen LogP contribution in [0, 0.1) is 0 Å². The van der Waals surface area contributed by atoms with Crippen LogP contribution >= 0.6 is 0 Å². The Morgan fingerprint density at radius 1 is 1.38 bits per heavy atom. The Morgan fingerprint density at radius 2 is 2.10 bits per heavy atom. The molecule has 5 heteroatoms. The SMILES string of the molecule is CN1CCC(N(C)C(=O)c2cc3cccc(N)c3[nH]2)CC1. The quantitative estimate of drug-likeness (QED) is 0.829. The van der Waals surface area contributed by atoms with E-state index in [9.17, 15) is 4.79 Å². The van der Waals surface area contributed by atoms with E-state index in [1.54, 1.807) is 0 Å². The number of H-pyrrole nitrogens is 1. The van der Waals surface area contributed by atoms with E-state index >= 15 is 0 Å². The number of hydrogen-bond donors (Lipinski definition) is 2. The van der Waals surface area contributed by atoms with Crippen molar-refractivity contribution in [1.82, 2.24) is 14.8 Å². The van der Waals surface area contributed by atoms with Gasteiger partial charge in [0.15, 0.2) is 0 Å². The Bertz CT molecular complexity index is 655. The third-order valence-electron chi connectivity index (χ3n) is 4.47. The van der Waals surface area contributed by atoms with Gasteiger partial charge in [-0.3, -0.25) is 4.79 Å². The number of carbonyl (C=O) groups is 1. The standard InChI is InChI=1S/C16H22N4O/c1-19-8-6-12(7-9-19)20(2)16(21)14-10-11-4-3-5-13(17)15(11)18-14/h3-5,10,12,18H,6-9,17H2,1-2H3. The van der Waals surface area contributed by atoms with Crippen molar-refractivity contribution in [3.63, 3.8) is 0 Å². The molecule has 1 fully saturated rings. The van der Waals surface area contributed by atoms with Crippen LogP contribution < -0.4 is 5.73 Å². The number of likely N-dealkylation sites (tertiary alicyclic amines) is 1. The lowest BCUT2D eigenvalue weighted by molar-refractivity contribution is 0.0655. The molecule has 0 radical (unpaired) electrons. The van der Waals surface area contributed by atoms with Crippen LogP contribution in [-0.4, -0.2) is 53.9 Å². The zero-order chi connectivity index (χ0) is 15.0. The zero-order valence-corrected chi connectivity index (χ0v) is 12.6. The molecule has 0 unspecified atom stereocenters. The molecule has 21 heavy (non-hydrogen) atoms. The molecule has 0 saturated carbocycles. The molecule has 1 aromatic carbocycles. The van der Waals surface area contributed by atoms with Gasteiger partial charge < -0.3 is 20.5 Å². The molecule has 3 rings (SSSR count). The lowest BCUT2D eigenvalue weighted by Crippen LogP contribution is -2.44. The van der Waals surface area contributed by atoms with E-state index in [0.29, 0.717) is 17.4 Å². The first-order valence-corrected chi connectivity index (χ1v) is 7.39. The fourth-order valence-electron chi connectivity index (χ4n) is 3.03. The summed E-state index contributed by atoms with van der Waals surface area (Å²) in [5.41, 5.74) is 8.08. The molecule has 1 amide bonds. The zero-order valence-electron chi connectivity index (χ0n) is 12.6. The van der Waals surface area contributed by atoms with Gasteiger partial charge in [0, 0.05) is 18.5 Å². The predicted molar refractivity (Wildman–Crippen MR) is 85.3 cm³/mol. The Morgan fingerprint density at radius 3 is 2.76 bits per heavy atom. The summed E-state index contributed by atoms with van der Waals surface area (Å²) in [7, 11) is 4.02. The number of piperidine rings is 1. The number of nitrogens with one attached hydrogen (secondary N) is 1. The number of aromatic amines is 1. The van der Waals surface area contributed by atoms with Crippen LogP contribution in [0.2, 0.25) is 0 Å². The normalized spacial score (nSPS) is 17.2. The van der Waals surface area contributed by atoms with E-state index in [4.69, 9.17) is 5.73 Å². The van der Waals surface area contributed by atoms with Crippen LogP contribution in [0.5, 0.6) is 0 Å². The fraction of sp³-hybridized carbons (Fsp3) is 0.438. The van der Waals surface area contributed by atoms with Gasteiger partial charge in [0.1, 0.15) is 5.69 Å². The van der Waals surface area contributed by atoms with Gasteiger partial charge in [0.2, 0.25) is 0 Å². The summed E-state index contributed by atoms with van der Waals surface area (Å²) >= 11 is 0. The molecule has 112 valence electrons. The molecule has 3 N–H and O–H groups in total. The maximum Gasteiger partial charge on any atom is 0.270 e. The number of fused-ring (bicyclic) bond motifs is 1. The molecule has 0 bridgehead atoms. The number of nitrogens with two attached hydrogens (primary N) is 1. The second kappa shape index (κ2) is 5.41. The fourth-order valence-corrected chi connectivity index (χ4v) is 3.03. The summed E-state index contributed by atoms with van der Waals surface area (Å²) < 4.78 is 0. The van der Waals surface area contributed by atoms with Gasteiger partial charge in [0.25, 0.3) is 5.91 Å². The van der Waals surface area contributed by atoms with E-state index in [-0.39, 0.29) is 5.91 Å². The van der Waals surface area contributed by atoms with Crippen molar-refractivity contribution in [3.8, 4) is 0 Å². The van der Waals surface area contributed by atoms with Crippen LogP contribution in [0.4, 0.5) is 5.69 Å². The van der Waals surface area contributed by atoms with Gasteiger partial charge in [-0.2, -0.15) is 0 Å². The minimum Gasteiger partial charge on any atom is -0.397 e. The number of anilines is 1. The molecule has 5 nitrogen and oxygen atoms in total. The van der Waals surface area contributed by atoms with E-state index in [1.165, 1.54) is 0 Å². The minimum atomic E-state index is 0.0418. The van der Waals surface area contributed by atoms with Gasteiger partial charge in [-0.1, -0.05) is 12.1 Å². The smallest absolute Gasteiger partial charge is 0.270 e. The van der Waals surface area contributed by atoms with Gasteiger partial charge in [0.05, 0.1) is 11.2 Å². The summed E-state index contributed by atoms with van der Waals surface area (Å²) in [6.07, 6.45) is 2.06. The number of nitrogens with zero attached hydrogens (tertiary/aromatic N) is 2. The summed E-state index contributed by atoms with van der Waals surface area (Å²) in [6, 6.07) is 7.92. The Hall–Kier alpha value is -2.01. The number of amides is 1. The third kappa shape index (κ3) is 2.61. The molecule has 0 aliphatic carbocycles. The number of aromatic nitrogens is 1. The van der Waals surface area contributed by atoms with Crippen LogP contribution in [0.3, 0.4) is 0 Å². The molecular formula is C16H22N4O. The van der Waals surface area contributed by atoms with E-state index in [2.05, 4.69) is 16.9 Å². The second-order valence-corrected chi connectivity index (χ2v) is 5.94. The first-order chi connectivity index (χ1) is 10.1. The maximum absolute atomic E-state index is 12.6. The number of para-hydroxylation sites is 1. The van der Waals surface area contributed by atoms with Gasteiger partial charge in [-0.25, -0.2) is 0 Å². The average Bonchev–Trinajstić information content (AvgIpc) is 2.92. The summed E-state index contributed by atoms with van der Waals surface area (Å²) in [4.78, 5) is 20.0. The van der Waals surface area contributed by atoms with Crippen molar-refractivity contribution in [2.24, 2.45) is 0 Å². The highest BCUT2D eigenvalue weighted by molar-refractivity contribution is 6.00. The van der Waals surface area contributed by atoms with Gasteiger partial charge in [-0.15, -0.1) is 0 Å². The molecule has 0 atom stereocenters. The monoisotopic (exact) mass is 286 g/mol. The molecule has 2 aromatic rings. The molecule has 1 aromatic heterocycles. The van der Waals surface area contributed by atoms with Crippen LogP contribution in [0.15, 0.2) is 24.3 Å². The highest BCUT2D eigenvalue weighted by Crippen LogP contribution is 2.23. The molecule has 0 spiro atoms. The molecular weight excluding hydrogens is 264 g/mol. The average molecular weight is 286 g/mol. The Labute approximate surface area is 124 Å². The molecule has 1 aliphatic rings. The molecule has 2 heterocycles. The van der Waals surface area contributed by atoms with E-state index in [1.807, 2.05) is 36.2 Å². The van der Waals surface area contributed by atoms with Crippen molar-refractivity contribution >= 4 is 22.5 Å². The first kappa shape index (κ1) is 13.9. The highest BCUT2D eigenvalue weighted by atomic mass is 16.2. The van der Waals surface area contributed by atoms with Crippen LogP contribution in [-0.2, 0) is 0 Å². The van der Waals surface area contributed by atoms with Crippen molar-refractivity contribution in [1.29, 1.82) is 0 Å².